The summed E-state index contributed by atoms with van der Waals surface area (Å²) >= 11 is 0. The molecule has 0 aromatic heterocycles. The number of para-hydroxylation sites is 1. The predicted octanol–water partition coefficient (Wildman–Crippen LogP) is 2.02. The summed E-state index contributed by atoms with van der Waals surface area (Å²) in [5.41, 5.74) is 5.18. The van der Waals surface area contributed by atoms with Crippen LogP contribution in [0.25, 0.3) is 12.2 Å². The summed E-state index contributed by atoms with van der Waals surface area (Å²) < 4.78 is 0. The number of benzene rings is 2. The summed E-state index contributed by atoms with van der Waals surface area (Å²) in [6, 6.07) is 16.2. The maximum atomic E-state index is 12.3. The zero-order valence-electron chi connectivity index (χ0n) is 18.9. The van der Waals surface area contributed by atoms with E-state index in [2.05, 4.69) is 51.7 Å². The first-order chi connectivity index (χ1) is 16.5. The van der Waals surface area contributed by atoms with E-state index < -0.39 is 11.8 Å². The molecule has 1 aliphatic rings. The lowest BCUT2D eigenvalue weighted by Crippen LogP contribution is -2.42. The number of carbonyl (C=O) groups is 4. The van der Waals surface area contributed by atoms with Gasteiger partial charge in [0.05, 0.1) is 19.6 Å². The van der Waals surface area contributed by atoms with E-state index in [0.29, 0.717) is 19.3 Å². The number of rotatable bonds is 10. The van der Waals surface area contributed by atoms with Crippen molar-refractivity contribution in [3.63, 3.8) is 0 Å². The SMILES string of the molecule is C=C(CCC(=O)NCC(=O)NCC(=O)NCC=O)N1Cc2ccccc2/C=C\c2ccccc21. The lowest BCUT2D eigenvalue weighted by molar-refractivity contribution is -0.127. The van der Waals surface area contributed by atoms with Crippen molar-refractivity contribution >= 4 is 41.8 Å². The highest BCUT2D eigenvalue weighted by Crippen LogP contribution is 2.31. The van der Waals surface area contributed by atoms with Crippen LogP contribution in [0.2, 0.25) is 0 Å². The average molecular weight is 461 g/mol. The van der Waals surface area contributed by atoms with Crippen molar-refractivity contribution in [1.82, 2.24) is 16.0 Å². The van der Waals surface area contributed by atoms with Crippen molar-refractivity contribution in [3.8, 4) is 0 Å². The van der Waals surface area contributed by atoms with Gasteiger partial charge in [-0.3, -0.25) is 14.4 Å². The van der Waals surface area contributed by atoms with E-state index in [9.17, 15) is 19.2 Å². The zero-order chi connectivity index (χ0) is 24.3. The molecule has 2 aromatic rings. The highest BCUT2D eigenvalue weighted by atomic mass is 16.2. The van der Waals surface area contributed by atoms with Gasteiger partial charge in [0.1, 0.15) is 6.29 Å². The monoisotopic (exact) mass is 460 g/mol. The van der Waals surface area contributed by atoms with Crippen LogP contribution in [-0.4, -0.2) is 43.6 Å². The van der Waals surface area contributed by atoms with Gasteiger partial charge in [-0.2, -0.15) is 0 Å². The number of aldehydes is 1. The van der Waals surface area contributed by atoms with Gasteiger partial charge < -0.3 is 25.6 Å². The van der Waals surface area contributed by atoms with E-state index in [1.807, 2.05) is 36.4 Å². The fourth-order valence-corrected chi connectivity index (χ4v) is 3.55. The smallest absolute Gasteiger partial charge is 0.239 e. The summed E-state index contributed by atoms with van der Waals surface area (Å²) in [6.07, 6.45) is 5.33. The maximum Gasteiger partial charge on any atom is 0.239 e. The van der Waals surface area contributed by atoms with Crippen LogP contribution in [0.1, 0.15) is 29.5 Å². The number of hydrogen-bond acceptors (Lipinski definition) is 5. The fourth-order valence-electron chi connectivity index (χ4n) is 3.55. The average Bonchev–Trinajstić information content (AvgIpc) is 2.84. The number of nitrogens with one attached hydrogen (secondary N) is 3. The van der Waals surface area contributed by atoms with Crippen molar-refractivity contribution in [2.75, 3.05) is 24.5 Å². The van der Waals surface area contributed by atoms with Gasteiger partial charge in [0, 0.05) is 24.4 Å². The van der Waals surface area contributed by atoms with Gasteiger partial charge in [-0.1, -0.05) is 61.2 Å². The number of amides is 3. The van der Waals surface area contributed by atoms with E-state index in [-0.39, 0.29) is 32.0 Å². The predicted molar refractivity (Wildman–Crippen MR) is 131 cm³/mol. The van der Waals surface area contributed by atoms with Gasteiger partial charge in [0.15, 0.2) is 0 Å². The van der Waals surface area contributed by atoms with Crippen molar-refractivity contribution in [3.05, 3.63) is 77.5 Å². The molecule has 0 fully saturated rings. The molecule has 3 rings (SSSR count). The Morgan fingerprint density at radius 3 is 2.21 bits per heavy atom. The molecule has 8 heteroatoms. The second-order valence-corrected chi connectivity index (χ2v) is 7.77. The van der Waals surface area contributed by atoms with Crippen LogP contribution >= 0.6 is 0 Å². The molecule has 0 atom stereocenters. The van der Waals surface area contributed by atoms with Crippen LogP contribution in [0.5, 0.6) is 0 Å². The van der Waals surface area contributed by atoms with E-state index in [0.717, 1.165) is 28.1 Å². The van der Waals surface area contributed by atoms with Crippen LogP contribution in [0.15, 0.2) is 60.8 Å². The number of carbonyl (C=O) groups excluding carboxylic acids is 4. The minimum Gasteiger partial charge on any atom is -0.348 e. The first kappa shape index (κ1) is 24.4. The van der Waals surface area contributed by atoms with Crippen molar-refractivity contribution in [2.45, 2.75) is 19.4 Å². The van der Waals surface area contributed by atoms with Gasteiger partial charge >= 0.3 is 0 Å². The molecule has 3 amide bonds. The Hall–Kier alpha value is -4.20. The molecule has 1 aliphatic heterocycles. The van der Waals surface area contributed by atoms with E-state index in [1.165, 1.54) is 0 Å². The molecule has 0 radical (unpaired) electrons. The quantitative estimate of drug-likeness (QED) is 0.470. The largest absolute Gasteiger partial charge is 0.348 e. The van der Waals surface area contributed by atoms with Crippen LogP contribution in [0.4, 0.5) is 5.69 Å². The topological polar surface area (TPSA) is 108 Å². The third kappa shape index (κ3) is 6.90. The van der Waals surface area contributed by atoms with E-state index in [1.54, 1.807) is 0 Å². The van der Waals surface area contributed by atoms with E-state index >= 15 is 0 Å². The van der Waals surface area contributed by atoms with Crippen LogP contribution in [0.3, 0.4) is 0 Å². The van der Waals surface area contributed by atoms with Crippen LogP contribution in [-0.2, 0) is 25.7 Å². The van der Waals surface area contributed by atoms with Gasteiger partial charge in [0.25, 0.3) is 0 Å². The summed E-state index contributed by atoms with van der Waals surface area (Å²) in [4.78, 5) is 47.9. The minimum absolute atomic E-state index is 0.112. The molecular formula is C26H28N4O4. The van der Waals surface area contributed by atoms with Crippen molar-refractivity contribution in [2.24, 2.45) is 0 Å². The van der Waals surface area contributed by atoms with Gasteiger partial charge in [-0.15, -0.1) is 0 Å². The number of anilines is 1. The molecule has 0 bridgehead atoms. The normalized spacial score (nSPS) is 12.8. The molecule has 8 nitrogen and oxygen atoms in total. The highest BCUT2D eigenvalue weighted by Gasteiger charge is 2.18. The Morgan fingerprint density at radius 2 is 1.44 bits per heavy atom. The van der Waals surface area contributed by atoms with Crippen molar-refractivity contribution in [1.29, 1.82) is 0 Å². The Labute approximate surface area is 198 Å². The Kier molecular flexibility index (Phi) is 8.73. The molecule has 2 aromatic carbocycles. The lowest BCUT2D eigenvalue weighted by atomic mass is 10.00. The number of fused-ring (bicyclic) bond motifs is 2. The van der Waals surface area contributed by atoms with Crippen LogP contribution < -0.4 is 20.9 Å². The minimum atomic E-state index is -0.491. The highest BCUT2D eigenvalue weighted by molar-refractivity contribution is 5.88. The molecule has 0 aliphatic carbocycles. The number of nitrogens with zero attached hydrogens (tertiary/aromatic N) is 1. The molecule has 1 heterocycles. The zero-order valence-corrected chi connectivity index (χ0v) is 18.9. The van der Waals surface area contributed by atoms with Gasteiger partial charge in [0.2, 0.25) is 17.7 Å². The fraction of sp³-hybridized carbons (Fsp3) is 0.231. The maximum absolute atomic E-state index is 12.3. The van der Waals surface area contributed by atoms with Gasteiger partial charge in [-0.05, 0) is 29.2 Å². The molecule has 0 saturated carbocycles. The summed E-state index contributed by atoms with van der Waals surface area (Å²) in [5.74, 6) is -1.26. The second kappa shape index (κ2) is 12.2. The van der Waals surface area contributed by atoms with Gasteiger partial charge in [-0.25, -0.2) is 0 Å². The first-order valence-corrected chi connectivity index (χ1v) is 11.0. The third-order valence-corrected chi connectivity index (χ3v) is 5.35. The number of allylic oxidation sites excluding steroid dienone is 1. The molecule has 34 heavy (non-hydrogen) atoms. The standard InChI is InChI=1S/C26H28N4O4/c1-19(10-13-24(32)28-17-26(34)29-16-25(33)27-14-15-31)30-18-22-8-3-2-6-20(22)11-12-21-7-4-5-9-23(21)30/h2-9,11-12,15H,1,10,13-14,16-18H2,(H,27,33)(H,28,32)(H,29,34)/b12-11-. The summed E-state index contributed by atoms with van der Waals surface area (Å²) in [7, 11) is 0. The van der Waals surface area contributed by atoms with Crippen LogP contribution in [0, 0.1) is 0 Å². The Balaban J connectivity index is 1.54. The molecule has 176 valence electrons. The molecule has 0 saturated heterocycles. The Morgan fingerprint density at radius 1 is 0.824 bits per heavy atom. The number of hydrogen-bond donors (Lipinski definition) is 3. The lowest BCUT2D eigenvalue weighted by Gasteiger charge is -2.30. The summed E-state index contributed by atoms with van der Waals surface area (Å²) in [6.45, 7) is 4.26. The Bertz CT molecular complexity index is 1110. The molecule has 3 N–H and O–H groups in total. The molecule has 0 unspecified atom stereocenters. The summed E-state index contributed by atoms with van der Waals surface area (Å²) in [5, 5.41) is 7.25. The van der Waals surface area contributed by atoms with E-state index in [4.69, 9.17) is 0 Å². The van der Waals surface area contributed by atoms with Crippen molar-refractivity contribution < 1.29 is 19.2 Å². The third-order valence-electron chi connectivity index (χ3n) is 5.35. The first-order valence-electron chi connectivity index (χ1n) is 11.0. The molecular weight excluding hydrogens is 432 g/mol. The molecule has 0 spiro atoms. The second-order valence-electron chi connectivity index (χ2n) is 7.77.